The first-order valence-electron chi connectivity index (χ1n) is 6.04. The summed E-state index contributed by atoms with van der Waals surface area (Å²) in [6.07, 6.45) is 0.178. The number of rotatable bonds is 5. The first-order chi connectivity index (χ1) is 9.90. The normalized spacial score (nSPS) is 12.4. The summed E-state index contributed by atoms with van der Waals surface area (Å²) in [5, 5.41) is 19.2. The molecule has 2 aromatic rings. The fourth-order valence-electron chi connectivity index (χ4n) is 1.73. The molecule has 0 saturated carbocycles. The molecule has 1 N–H and O–H groups in total. The molecule has 112 valence electrons. The fourth-order valence-corrected chi connectivity index (χ4v) is 1.73. The van der Waals surface area contributed by atoms with Crippen molar-refractivity contribution >= 4 is 5.97 Å². The Morgan fingerprint density at radius 2 is 1.95 bits per heavy atom. The highest BCUT2D eigenvalue weighted by atomic mass is 19.1. The van der Waals surface area contributed by atoms with Gasteiger partial charge >= 0.3 is 5.97 Å². The van der Waals surface area contributed by atoms with E-state index < -0.39 is 34.9 Å². The summed E-state index contributed by atoms with van der Waals surface area (Å²) in [5.74, 6) is -5.19. The van der Waals surface area contributed by atoms with Gasteiger partial charge in [0.2, 0.25) is 0 Å². The smallest absolute Gasteiger partial charge is 0.306 e. The molecule has 0 spiro atoms. The third-order valence-corrected chi connectivity index (χ3v) is 2.96. The van der Waals surface area contributed by atoms with Crippen molar-refractivity contribution in [1.82, 2.24) is 20.2 Å². The lowest BCUT2D eigenvalue weighted by Gasteiger charge is -2.08. The summed E-state index contributed by atoms with van der Waals surface area (Å²) in [5.41, 5.74) is -0.552. The van der Waals surface area contributed by atoms with Crippen LogP contribution in [0.4, 0.5) is 13.2 Å². The summed E-state index contributed by atoms with van der Waals surface area (Å²) in [7, 11) is 0. The molecule has 9 heteroatoms. The van der Waals surface area contributed by atoms with Crippen LogP contribution in [0, 0.1) is 23.4 Å². The van der Waals surface area contributed by atoms with E-state index in [0.717, 1.165) is 4.68 Å². The van der Waals surface area contributed by atoms with Crippen molar-refractivity contribution in [2.75, 3.05) is 0 Å². The quantitative estimate of drug-likeness (QED) is 0.911. The lowest BCUT2D eigenvalue weighted by Crippen LogP contribution is -2.14. The predicted octanol–water partition coefficient (Wildman–Crippen LogP) is 1.87. The maximum Gasteiger partial charge on any atom is 0.306 e. The van der Waals surface area contributed by atoms with Crippen LogP contribution in [0.2, 0.25) is 0 Å². The average Bonchev–Trinajstić information content (AvgIpc) is 2.82. The van der Waals surface area contributed by atoms with Crippen molar-refractivity contribution in [3.63, 3.8) is 0 Å². The molecule has 1 atom stereocenters. The second-order valence-corrected chi connectivity index (χ2v) is 4.50. The number of nitrogens with zero attached hydrogens (tertiary/aromatic N) is 4. The molecule has 0 radical (unpaired) electrons. The Kier molecular flexibility index (Phi) is 4.20. The number of hydrogen-bond acceptors (Lipinski definition) is 4. The van der Waals surface area contributed by atoms with Gasteiger partial charge in [0.25, 0.3) is 0 Å². The van der Waals surface area contributed by atoms with Crippen LogP contribution in [0.25, 0.3) is 11.4 Å². The number of aliphatic carboxylic acids is 1. The molecule has 0 saturated heterocycles. The van der Waals surface area contributed by atoms with Crippen LogP contribution in [-0.4, -0.2) is 31.3 Å². The highest BCUT2D eigenvalue weighted by Crippen LogP contribution is 2.25. The van der Waals surface area contributed by atoms with E-state index in [2.05, 4.69) is 15.5 Å². The van der Waals surface area contributed by atoms with Gasteiger partial charge in [-0.25, -0.2) is 17.9 Å². The average molecular weight is 300 g/mol. The monoisotopic (exact) mass is 300 g/mol. The number of tetrazole rings is 1. The van der Waals surface area contributed by atoms with Crippen molar-refractivity contribution in [3.05, 3.63) is 29.6 Å². The van der Waals surface area contributed by atoms with E-state index in [4.69, 9.17) is 5.11 Å². The third-order valence-electron chi connectivity index (χ3n) is 2.96. The Hall–Kier alpha value is -2.45. The number of carboxylic acids is 1. The van der Waals surface area contributed by atoms with E-state index in [9.17, 15) is 18.0 Å². The maximum atomic E-state index is 13.7. The van der Waals surface area contributed by atoms with Crippen molar-refractivity contribution in [2.24, 2.45) is 5.92 Å². The number of carbonyl (C=O) groups is 1. The minimum Gasteiger partial charge on any atom is -0.481 e. The number of aryl methyl sites for hydroxylation is 1. The molecule has 1 aromatic heterocycles. The van der Waals surface area contributed by atoms with Gasteiger partial charge in [0, 0.05) is 18.7 Å². The first-order valence-corrected chi connectivity index (χ1v) is 6.04. The highest BCUT2D eigenvalue weighted by molar-refractivity contribution is 5.69. The van der Waals surface area contributed by atoms with Crippen molar-refractivity contribution in [3.8, 4) is 11.4 Å². The van der Waals surface area contributed by atoms with Gasteiger partial charge in [-0.15, -0.1) is 5.10 Å². The Labute approximate surface area is 117 Å². The molecule has 1 unspecified atom stereocenters. The van der Waals surface area contributed by atoms with Crippen LogP contribution in [0.1, 0.15) is 13.3 Å². The molecular formula is C12H11F3N4O2. The zero-order chi connectivity index (χ0) is 15.6. The van der Waals surface area contributed by atoms with E-state index in [1.54, 1.807) is 0 Å². The predicted molar refractivity (Wildman–Crippen MR) is 64.5 cm³/mol. The molecule has 1 heterocycles. The van der Waals surface area contributed by atoms with Crippen LogP contribution < -0.4 is 0 Å². The van der Waals surface area contributed by atoms with Gasteiger partial charge in [-0.2, -0.15) is 0 Å². The Balaban J connectivity index is 2.31. The molecule has 0 fully saturated rings. The summed E-state index contributed by atoms with van der Waals surface area (Å²) in [6.45, 7) is 1.55. The zero-order valence-corrected chi connectivity index (χ0v) is 10.9. The molecule has 2 rings (SSSR count). The lowest BCUT2D eigenvalue weighted by atomic mass is 10.1. The summed E-state index contributed by atoms with van der Waals surface area (Å²) < 4.78 is 41.4. The van der Waals surface area contributed by atoms with Gasteiger partial charge in [-0.05, 0) is 16.8 Å². The van der Waals surface area contributed by atoms with E-state index in [-0.39, 0.29) is 18.8 Å². The molecule has 1 aromatic carbocycles. The molecule has 0 aliphatic rings. The molecule has 0 aliphatic carbocycles. The van der Waals surface area contributed by atoms with Gasteiger partial charge in [0.1, 0.15) is 17.5 Å². The number of halogens is 3. The minimum atomic E-state index is -1.13. The second-order valence-electron chi connectivity index (χ2n) is 4.50. The van der Waals surface area contributed by atoms with Crippen LogP contribution in [-0.2, 0) is 11.3 Å². The second kappa shape index (κ2) is 5.90. The summed E-state index contributed by atoms with van der Waals surface area (Å²) in [6, 6.07) is 1.05. The van der Waals surface area contributed by atoms with Gasteiger partial charge in [-0.1, -0.05) is 6.92 Å². The topological polar surface area (TPSA) is 80.9 Å². The third kappa shape index (κ3) is 3.18. The largest absolute Gasteiger partial charge is 0.481 e. The van der Waals surface area contributed by atoms with Crippen molar-refractivity contribution < 1.29 is 23.1 Å². The molecule has 0 aliphatic heterocycles. The lowest BCUT2D eigenvalue weighted by molar-refractivity contribution is -0.141. The Morgan fingerprint density at radius 1 is 1.33 bits per heavy atom. The number of hydrogen-bond donors (Lipinski definition) is 1. The summed E-state index contributed by atoms with van der Waals surface area (Å²) >= 11 is 0. The van der Waals surface area contributed by atoms with E-state index in [1.807, 2.05) is 0 Å². The molecule has 21 heavy (non-hydrogen) atoms. The van der Waals surface area contributed by atoms with Gasteiger partial charge < -0.3 is 5.11 Å². The van der Waals surface area contributed by atoms with Gasteiger partial charge in [0.05, 0.1) is 11.5 Å². The number of benzene rings is 1. The van der Waals surface area contributed by atoms with Crippen LogP contribution in [0.15, 0.2) is 12.1 Å². The van der Waals surface area contributed by atoms with Crippen LogP contribution in [0.5, 0.6) is 0 Å². The van der Waals surface area contributed by atoms with E-state index in [1.165, 1.54) is 6.92 Å². The van der Waals surface area contributed by atoms with Crippen molar-refractivity contribution in [1.29, 1.82) is 0 Å². The zero-order valence-electron chi connectivity index (χ0n) is 10.9. The maximum absolute atomic E-state index is 13.7. The summed E-state index contributed by atoms with van der Waals surface area (Å²) in [4.78, 5) is 10.7. The molecule has 0 bridgehead atoms. The standard InChI is InChI=1S/C12H11F3N4O2/c1-6(12(20)21)2-3-19-11(16-17-18-19)10-8(14)4-7(13)5-9(10)15/h4-6H,2-3H2,1H3,(H,20,21). The number of carboxylic acid groups (broad SMARTS) is 1. The SMILES string of the molecule is CC(CCn1nnnc1-c1c(F)cc(F)cc1F)C(=O)O. The molecule has 6 nitrogen and oxygen atoms in total. The van der Waals surface area contributed by atoms with Crippen LogP contribution >= 0.6 is 0 Å². The van der Waals surface area contributed by atoms with Crippen molar-refractivity contribution in [2.45, 2.75) is 19.9 Å². The Bertz CT molecular complexity index is 651. The van der Waals surface area contributed by atoms with Crippen LogP contribution in [0.3, 0.4) is 0 Å². The first kappa shape index (κ1) is 14.9. The Morgan fingerprint density at radius 3 is 2.52 bits per heavy atom. The molecular weight excluding hydrogens is 289 g/mol. The number of aromatic nitrogens is 4. The highest BCUT2D eigenvalue weighted by Gasteiger charge is 2.20. The van der Waals surface area contributed by atoms with Gasteiger partial charge in [0.15, 0.2) is 5.82 Å². The van der Waals surface area contributed by atoms with E-state index >= 15 is 0 Å². The molecule has 0 amide bonds. The fraction of sp³-hybridized carbons (Fsp3) is 0.333. The van der Waals surface area contributed by atoms with Gasteiger partial charge in [-0.3, -0.25) is 4.79 Å². The minimum absolute atomic E-state index is 0.0616. The van der Waals surface area contributed by atoms with E-state index in [0.29, 0.717) is 12.1 Å².